The molecule has 0 aromatic heterocycles. The summed E-state index contributed by atoms with van der Waals surface area (Å²) in [5, 5.41) is 0. The Balaban J connectivity index is 1.73. The minimum atomic E-state index is -0.283. The molecule has 2 bridgehead atoms. The standard InChI is InChI=1S/C22H26N2O3/c1-10-8-24-9-11-3-4-14(25)16-12-5-6-27-21(26)17(12)18-19(16)22(11,2)15(24)7-13(10)20(18)23/h10-11,13,15H,3-9,23H2,1-2H3. The molecule has 5 unspecified atom stereocenters. The Morgan fingerprint density at radius 1 is 1.15 bits per heavy atom. The maximum Gasteiger partial charge on any atom is 0.339 e. The number of ketones is 1. The molecule has 0 amide bonds. The number of Topliss-reactive ketones (excluding diaryl/α,β-unsaturated/α-hetero) is 1. The van der Waals surface area contributed by atoms with Gasteiger partial charge >= 0.3 is 5.97 Å². The summed E-state index contributed by atoms with van der Waals surface area (Å²) in [7, 11) is 0. The minimum Gasteiger partial charge on any atom is -0.462 e. The van der Waals surface area contributed by atoms with Crippen molar-refractivity contribution in [3.8, 4) is 0 Å². The number of nitrogens with two attached hydrogens (primary N) is 1. The van der Waals surface area contributed by atoms with E-state index in [-0.39, 0.29) is 23.1 Å². The number of piperidine rings is 1. The van der Waals surface area contributed by atoms with Gasteiger partial charge in [-0.3, -0.25) is 9.69 Å². The molecule has 0 saturated carbocycles. The Morgan fingerprint density at radius 3 is 2.78 bits per heavy atom. The van der Waals surface area contributed by atoms with Gasteiger partial charge in [-0.15, -0.1) is 0 Å². The molecule has 0 spiro atoms. The third kappa shape index (κ3) is 1.71. The number of carbonyl (C=O) groups excluding carboxylic acids is 2. The largest absolute Gasteiger partial charge is 0.462 e. The molecule has 3 heterocycles. The molecule has 3 aliphatic heterocycles. The number of rotatable bonds is 0. The Hall–Kier alpha value is -1.88. The van der Waals surface area contributed by atoms with Gasteiger partial charge in [0.1, 0.15) is 0 Å². The van der Waals surface area contributed by atoms with Crippen molar-refractivity contribution in [2.75, 3.05) is 19.7 Å². The van der Waals surface area contributed by atoms with Gasteiger partial charge in [0.05, 0.1) is 12.2 Å². The van der Waals surface area contributed by atoms with Gasteiger partial charge in [-0.25, -0.2) is 4.79 Å². The van der Waals surface area contributed by atoms with Crippen LogP contribution in [0.4, 0.5) is 0 Å². The molecule has 2 fully saturated rings. The van der Waals surface area contributed by atoms with Crippen LogP contribution in [0, 0.1) is 23.2 Å². The molecule has 5 atom stereocenters. The molecule has 2 saturated heterocycles. The Labute approximate surface area is 159 Å². The van der Waals surface area contributed by atoms with Crippen LogP contribution in [-0.4, -0.2) is 42.4 Å². The summed E-state index contributed by atoms with van der Waals surface area (Å²) in [5.74, 6) is 1.11. The molecule has 5 heteroatoms. The van der Waals surface area contributed by atoms with Crippen LogP contribution in [0.15, 0.2) is 33.6 Å². The molecule has 0 aromatic carbocycles. The van der Waals surface area contributed by atoms with Crippen LogP contribution in [0.5, 0.6) is 0 Å². The second-order valence-corrected chi connectivity index (χ2v) is 9.55. The molecule has 0 radical (unpaired) electrons. The number of cyclic esters (lactones) is 1. The van der Waals surface area contributed by atoms with Gasteiger partial charge in [0.15, 0.2) is 5.78 Å². The van der Waals surface area contributed by atoms with Gasteiger partial charge in [0.2, 0.25) is 0 Å². The van der Waals surface area contributed by atoms with E-state index in [1.807, 2.05) is 0 Å². The van der Waals surface area contributed by atoms with Crippen molar-refractivity contribution in [3.05, 3.63) is 33.6 Å². The summed E-state index contributed by atoms with van der Waals surface area (Å²) in [4.78, 5) is 28.7. The van der Waals surface area contributed by atoms with Gasteiger partial charge in [-0.05, 0) is 35.8 Å². The zero-order chi connectivity index (χ0) is 18.7. The second-order valence-electron chi connectivity index (χ2n) is 9.55. The first-order valence-electron chi connectivity index (χ1n) is 10.4. The fraction of sp³-hybridized carbons (Fsp3) is 0.636. The van der Waals surface area contributed by atoms with Crippen molar-refractivity contribution < 1.29 is 14.3 Å². The zero-order valence-electron chi connectivity index (χ0n) is 16.0. The summed E-state index contributed by atoms with van der Waals surface area (Å²) in [6.07, 6.45) is 3.19. The number of carbonyl (C=O) groups is 2. The summed E-state index contributed by atoms with van der Waals surface area (Å²) < 4.78 is 5.42. The topological polar surface area (TPSA) is 72.6 Å². The third-order valence-corrected chi connectivity index (χ3v) is 8.49. The smallest absolute Gasteiger partial charge is 0.339 e. The predicted octanol–water partition coefficient (Wildman–Crippen LogP) is 2.09. The van der Waals surface area contributed by atoms with Gasteiger partial charge in [-0.2, -0.15) is 0 Å². The number of nitrogens with zero attached hydrogens (tertiary/aromatic N) is 1. The quantitative estimate of drug-likeness (QED) is 0.665. The van der Waals surface area contributed by atoms with Gasteiger partial charge in [-0.1, -0.05) is 13.8 Å². The predicted molar refractivity (Wildman–Crippen MR) is 99.3 cm³/mol. The average Bonchev–Trinajstić information content (AvgIpc) is 3.07. The first kappa shape index (κ1) is 16.1. The maximum absolute atomic E-state index is 13.2. The highest BCUT2D eigenvalue weighted by molar-refractivity contribution is 6.11. The Kier molecular flexibility index (Phi) is 2.94. The summed E-state index contributed by atoms with van der Waals surface area (Å²) in [6.45, 7) is 7.12. The fourth-order valence-electron chi connectivity index (χ4n) is 7.23. The molecular weight excluding hydrogens is 340 g/mol. The number of esters is 1. The third-order valence-electron chi connectivity index (χ3n) is 8.49. The van der Waals surface area contributed by atoms with Crippen LogP contribution >= 0.6 is 0 Å². The fourth-order valence-corrected chi connectivity index (χ4v) is 7.23. The minimum absolute atomic E-state index is 0.103. The molecule has 2 N–H and O–H groups in total. The highest BCUT2D eigenvalue weighted by Gasteiger charge is 2.62. The van der Waals surface area contributed by atoms with E-state index in [2.05, 4.69) is 18.7 Å². The summed E-state index contributed by atoms with van der Waals surface area (Å²) >= 11 is 0. The van der Waals surface area contributed by atoms with Crippen molar-refractivity contribution in [3.63, 3.8) is 0 Å². The van der Waals surface area contributed by atoms with Gasteiger partial charge in [0.25, 0.3) is 0 Å². The van der Waals surface area contributed by atoms with E-state index in [4.69, 9.17) is 10.5 Å². The van der Waals surface area contributed by atoms with E-state index in [0.717, 1.165) is 53.9 Å². The average molecular weight is 366 g/mol. The molecule has 6 aliphatic rings. The van der Waals surface area contributed by atoms with Crippen molar-refractivity contribution in [1.29, 1.82) is 0 Å². The van der Waals surface area contributed by atoms with Crippen LogP contribution in [-0.2, 0) is 14.3 Å². The maximum atomic E-state index is 13.2. The second kappa shape index (κ2) is 4.93. The highest BCUT2D eigenvalue weighted by Crippen LogP contribution is 2.64. The summed E-state index contributed by atoms with van der Waals surface area (Å²) in [5.41, 5.74) is 12.0. The first-order valence-corrected chi connectivity index (χ1v) is 10.4. The molecule has 3 aliphatic carbocycles. The molecular formula is C22H26N2O3. The van der Waals surface area contributed by atoms with E-state index in [9.17, 15) is 9.59 Å². The van der Waals surface area contributed by atoms with E-state index in [1.54, 1.807) is 0 Å². The van der Waals surface area contributed by atoms with E-state index in [1.165, 1.54) is 0 Å². The van der Waals surface area contributed by atoms with E-state index in [0.29, 0.717) is 42.9 Å². The lowest BCUT2D eigenvalue weighted by Gasteiger charge is -2.43. The molecule has 6 rings (SSSR count). The SMILES string of the molecule is CC1CN2CC3CCC(=O)C4=C5C(=C(N)C1CC2C53C)C1=C4CCOC1=O. The lowest BCUT2D eigenvalue weighted by Crippen LogP contribution is -2.48. The number of hydrogen-bond acceptors (Lipinski definition) is 5. The Bertz CT molecular complexity index is 911. The first-order chi connectivity index (χ1) is 12.9. The van der Waals surface area contributed by atoms with Crippen molar-refractivity contribution in [2.45, 2.75) is 45.6 Å². The highest BCUT2D eigenvalue weighted by atomic mass is 16.5. The van der Waals surface area contributed by atoms with E-state index >= 15 is 0 Å². The molecule has 27 heavy (non-hydrogen) atoms. The summed E-state index contributed by atoms with van der Waals surface area (Å²) in [6, 6.07) is 0.410. The van der Waals surface area contributed by atoms with Crippen molar-refractivity contribution in [2.24, 2.45) is 28.9 Å². The number of fused-ring (bicyclic) bond motifs is 3. The van der Waals surface area contributed by atoms with Crippen LogP contribution in [0.3, 0.4) is 0 Å². The molecule has 0 aromatic rings. The number of allylic oxidation sites excluding steroid dienone is 2. The van der Waals surface area contributed by atoms with Crippen molar-refractivity contribution in [1.82, 2.24) is 4.90 Å². The monoisotopic (exact) mass is 366 g/mol. The van der Waals surface area contributed by atoms with Crippen LogP contribution in [0.1, 0.15) is 39.5 Å². The lowest BCUT2D eigenvalue weighted by molar-refractivity contribution is -0.139. The zero-order valence-corrected chi connectivity index (χ0v) is 16.0. The van der Waals surface area contributed by atoms with Crippen LogP contribution < -0.4 is 5.73 Å². The number of hydrogen-bond donors (Lipinski definition) is 1. The Morgan fingerprint density at radius 2 is 1.96 bits per heavy atom. The lowest BCUT2D eigenvalue weighted by atomic mass is 9.65. The van der Waals surface area contributed by atoms with Gasteiger partial charge in [0, 0.05) is 60.1 Å². The van der Waals surface area contributed by atoms with Gasteiger partial charge < -0.3 is 10.5 Å². The normalized spacial score (nSPS) is 43.0. The van der Waals surface area contributed by atoms with Crippen molar-refractivity contribution >= 4 is 11.8 Å². The van der Waals surface area contributed by atoms with Crippen LogP contribution in [0.25, 0.3) is 0 Å². The van der Waals surface area contributed by atoms with Crippen LogP contribution in [0.2, 0.25) is 0 Å². The molecule has 142 valence electrons. The molecule has 5 nitrogen and oxygen atoms in total. The number of ether oxygens (including phenoxy) is 1. The van der Waals surface area contributed by atoms with E-state index < -0.39 is 0 Å².